The molecule has 1 fully saturated rings. The fourth-order valence-corrected chi connectivity index (χ4v) is 1.02. The second-order valence-electron chi connectivity index (χ2n) is 2.47. The van der Waals surface area contributed by atoms with Crippen molar-refractivity contribution in [3.63, 3.8) is 0 Å². The molecule has 1 radical (unpaired) electrons. The van der Waals surface area contributed by atoms with Gasteiger partial charge in [0.05, 0.1) is 0 Å². The van der Waals surface area contributed by atoms with Gasteiger partial charge in [-0.25, -0.2) is 5.32 Å². The third-order valence-corrected chi connectivity index (χ3v) is 1.64. The molecule has 1 saturated heterocycles. The highest BCUT2D eigenvalue weighted by Crippen LogP contribution is 1.98. The van der Waals surface area contributed by atoms with Crippen LogP contribution in [-0.2, 0) is 0 Å². The molecule has 1 heterocycles. The molecule has 4 nitrogen and oxygen atoms in total. The second-order valence-corrected chi connectivity index (χ2v) is 2.47. The summed E-state index contributed by atoms with van der Waals surface area (Å²) in [5, 5.41) is 21.1. The maximum atomic E-state index is 8.47. The van der Waals surface area contributed by atoms with Crippen molar-refractivity contribution in [1.29, 1.82) is 10.5 Å². The molecular weight excluding hydrogens is 152 g/mol. The third kappa shape index (κ3) is 2.26. The van der Waals surface area contributed by atoms with Crippen molar-refractivity contribution >= 4 is 0 Å². The number of hydrogen-bond donors (Lipinski definition) is 0. The largest absolute Gasteiger partial charge is 0.373 e. The van der Waals surface area contributed by atoms with Gasteiger partial charge in [-0.1, -0.05) is 0 Å². The number of allylic oxidation sites excluding steroid dienone is 1. The molecule has 0 N–H and O–H groups in total. The van der Waals surface area contributed by atoms with Crippen LogP contribution < -0.4 is 5.32 Å². The van der Waals surface area contributed by atoms with Gasteiger partial charge in [0.15, 0.2) is 0 Å². The monoisotopic (exact) mass is 161 g/mol. The Bertz CT molecular complexity index is 233. The van der Waals surface area contributed by atoms with Crippen LogP contribution >= 0.6 is 0 Å². The van der Waals surface area contributed by atoms with E-state index in [1.165, 1.54) is 0 Å². The molecule has 0 amide bonds. The Kier molecular flexibility index (Phi) is 3.13. The van der Waals surface area contributed by atoms with Crippen molar-refractivity contribution in [2.75, 3.05) is 26.2 Å². The maximum Gasteiger partial charge on any atom is 0.145 e. The van der Waals surface area contributed by atoms with Gasteiger partial charge in [-0.05, 0) is 0 Å². The molecule has 0 bridgehead atoms. The normalized spacial score (nSPS) is 16.0. The molecular formula is C8H9N4. The van der Waals surface area contributed by atoms with E-state index in [1.54, 1.807) is 6.20 Å². The van der Waals surface area contributed by atoms with E-state index >= 15 is 0 Å². The number of nitriles is 2. The Morgan fingerprint density at radius 2 is 1.83 bits per heavy atom. The van der Waals surface area contributed by atoms with Gasteiger partial charge in [0, 0.05) is 32.4 Å². The molecule has 0 saturated carbocycles. The Balaban J connectivity index is 2.54. The van der Waals surface area contributed by atoms with Gasteiger partial charge in [0.1, 0.15) is 17.7 Å². The van der Waals surface area contributed by atoms with E-state index in [9.17, 15) is 0 Å². The van der Waals surface area contributed by atoms with E-state index in [0.717, 1.165) is 26.2 Å². The van der Waals surface area contributed by atoms with Crippen LogP contribution in [0.1, 0.15) is 0 Å². The van der Waals surface area contributed by atoms with Gasteiger partial charge in [0.25, 0.3) is 0 Å². The van der Waals surface area contributed by atoms with Gasteiger partial charge in [-0.2, -0.15) is 10.5 Å². The predicted octanol–water partition coefficient (Wildman–Crippen LogP) is -0.163. The molecule has 0 aliphatic carbocycles. The summed E-state index contributed by atoms with van der Waals surface area (Å²) in [4.78, 5) is 1.95. The highest BCUT2D eigenvalue weighted by atomic mass is 15.2. The molecule has 12 heavy (non-hydrogen) atoms. The number of piperazine rings is 1. The van der Waals surface area contributed by atoms with Gasteiger partial charge >= 0.3 is 0 Å². The summed E-state index contributed by atoms with van der Waals surface area (Å²) < 4.78 is 0. The van der Waals surface area contributed by atoms with Crippen molar-refractivity contribution < 1.29 is 0 Å². The van der Waals surface area contributed by atoms with E-state index in [-0.39, 0.29) is 5.57 Å². The molecule has 1 aliphatic rings. The van der Waals surface area contributed by atoms with Gasteiger partial charge in [-0.15, -0.1) is 0 Å². The standard InChI is InChI=1S/C8H9N4/c9-5-8(6-10)7-12-3-1-11-2-4-12/h7H,1-4H2. The molecule has 1 rings (SSSR count). The number of nitrogens with zero attached hydrogens (tertiary/aromatic N) is 4. The Morgan fingerprint density at radius 1 is 1.25 bits per heavy atom. The number of hydrogen-bond acceptors (Lipinski definition) is 3. The topological polar surface area (TPSA) is 64.9 Å². The molecule has 4 heteroatoms. The predicted molar refractivity (Wildman–Crippen MR) is 42.8 cm³/mol. The molecule has 0 aromatic carbocycles. The summed E-state index contributed by atoms with van der Waals surface area (Å²) in [5.74, 6) is 0. The summed E-state index contributed by atoms with van der Waals surface area (Å²) in [6.07, 6.45) is 1.61. The second kappa shape index (κ2) is 4.38. The highest BCUT2D eigenvalue weighted by Gasteiger charge is 2.07. The van der Waals surface area contributed by atoms with Crippen molar-refractivity contribution in [3.8, 4) is 12.1 Å². The van der Waals surface area contributed by atoms with Crippen LogP contribution in [0.3, 0.4) is 0 Å². The minimum atomic E-state index is 0.164. The van der Waals surface area contributed by atoms with Crippen LogP contribution in [0, 0.1) is 22.7 Å². The van der Waals surface area contributed by atoms with Crippen molar-refractivity contribution in [2.45, 2.75) is 0 Å². The zero-order valence-electron chi connectivity index (χ0n) is 6.69. The Morgan fingerprint density at radius 3 is 2.33 bits per heavy atom. The van der Waals surface area contributed by atoms with Gasteiger partial charge in [-0.3, -0.25) is 0 Å². The minimum absolute atomic E-state index is 0.164. The van der Waals surface area contributed by atoms with Gasteiger partial charge in [0.2, 0.25) is 0 Å². The van der Waals surface area contributed by atoms with E-state index in [2.05, 4.69) is 5.32 Å². The van der Waals surface area contributed by atoms with Crippen molar-refractivity contribution in [2.24, 2.45) is 0 Å². The fraction of sp³-hybridized carbons (Fsp3) is 0.500. The molecule has 0 unspecified atom stereocenters. The fourth-order valence-electron chi connectivity index (χ4n) is 1.02. The summed E-state index contributed by atoms with van der Waals surface area (Å²) in [6.45, 7) is 3.21. The molecule has 0 aromatic rings. The molecule has 0 aromatic heterocycles. The summed E-state index contributed by atoms with van der Waals surface area (Å²) in [5.41, 5.74) is 0.164. The first-order valence-corrected chi connectivity index (χ1v) is 3.76. The van der Waals surface area contributed by atoms with Crippen LogP contribution in [-0.4, -0.2) is 31.1 Å². The Hall–Kier alpha value is -1.52. The first-order valence-electron chi connectivity index (χ1n) is 3.76. The number of rotatable bonds is 1. The smallest absolute Gasteiger partial charge is 0.145 e. The van der Waals surface area contributed by atoms with E-state index in [4.69, 9.17) is 10.5 Å². The minimum Gasteiger partial charge on any atom is -0.373 e. The average Bonchev–Trinajstić information content (AvgIpc) is 2.16. The lowest BCUT2D eigenvalue weighted by atomic mass is 10.3. The van der Waals surface area contributed by atoms with Crippen molar-refractivity contribution in [1.82, 2.24) is 10.2 Å². The van der Waals surface area contributed by atoms with Gasteiger partial charge < -0.3 is 4.90 Å². The average molecular weight is 161 g/mol. The molecule has 0 spiro atoms. The summed E-state index contributed by atoms with van der Waals surface area (Å²) >= 11 is 0. The summed E-state index contributed by atoms with van der Waals surface area (Å²) in [7, 11) is 0. The lowest BCUT2D eigenvalue weighted by molar-refractivity contribution is 0.320. The lowest BCUT2D eigenvalue weighted by Crippen LogP contribution is -2.36. The van der Waals surface area contributed by atoms with Crippen LogP contribution in [0.4, 0.5) is 0 Å². The van der Waals surface area contributed by atoms with E-state index in [0.29, 0.717) is 0 Å². The molecule has 61 valence electrons. The van der Waals surface area contributed by atoms with Crippen molar-refractivity contribution in [3.05, 3.63) is 11.8 Å². The van der Waals surface area contributed by atoms with Crippen LogP contribution in [0.25, 0.3) is 0 Å². The lowest BCUT2D eigenvalue weighted by Gasteiger charge is -2.24. The zero-order valence-corrected chi connectivity index (χ0v) is 6.69. The van der Waals surface area contributed by atoms with Crippen LogP contribution in [0.2, 0.25) is 0 Å². The first kappa shape index (κ1) is 8.58. The van der Waals surface area contributed by atoms with Crippen LogP contribution in [0.15, 0.2) is 11.8 Å². The van der Waals surface area contributed by atoms with E-state index < -0.39 is 0 Å². The zero-order chi connectivity index (χ0) is 8.81. The Labute approximate surface area is 71.7 Å². The quantitative estimate of drug-likeness (QED) is 0.502. The third-order valence-electron chi connectivity index (χ3n) is 1.64. The van der Waals surface area contributed by atoms with Crippen LogP contribution in [0.5, 0.6) is 0 Å². The SMILES string of the molecule is N#CC(C#N)=CN1CC[N]CC1. The molecule has 0 atom stereocenters. The molecule has 1 aliphatic heterocycles. The maximum absolute atomic E-state index is 8.47. The highest BCUT2D eigenvalue weighted by molar-refractivity contribution is 5.34. The summed E-state index contributed by atoms with van der Waals surface area (Å²) in [6, 6.07) is 3.65. The first-order chi connectivity index (χ1) is 5.86. The van der Waals surface area contributed by atoms with E-state index in [1.807, 2.05) is 17.0 Å².